The molecule has 0 saturated carbocycles. The Kier molecular flexibility index (Phi) is 3.60. The number of aromatic nitrogens is 3. The highest BCUT2D eigenvalue weighted by Gasteiger charge is 2.10. The van der Waals surface area contributed by atoms with Crippen LogP contribution in [0.5, 0.6) is 0 Å². The van der Waals surface area contributed by atoms with Crippen LogP contribution in [-0.4, -0.2) is 14.6 Å². The predicted molar refractivity (Wildman–Crippen MR) is 79.5 cm³/mol. The molecule has 2 aromatic heterocycles. The summed E-state index contributed by atoms with van der Waals surface area (Å²) in [5.74, 6) is 0. The summed E-state index contributed by atoms with van der Waals surface area (Å²) in [5.41, 5.74) is 2.24. The Morgan fingerprint density at radius 3 is 2.79 bits per heavy atom. The first-order valence-corrected chi connectivity index (χ1v) is 7.59. The zero-order chi connectivity index (χ0) is 13.1. The van der Waals surface area contributed by atoms with E-state index in [1.54, 1.807) is 11.3 Å². The summed E-state index contributed by atoms with van der Waals surface area (Å²) in [6, 6.07) is 10.3. The third-order valence-corrected chi connectivity index (χ3v) is 4.17. The molecule has 2 heterocycles. The van der Waals surface area contributed by atoms with Gasteiger partial charge in [0.15, 0.2) is 0 Å². The first-order chi connectivity index (χ1) is 9.38. The molecular formula is C15H17N3S. The summed E-state index contributed by atoms with van der Waals surface area (Å²) < 4.78 is 1.97. The highest BCUT2D eigenvalue weighted by molar-refractivity contribution is 7.16. The van der Waals surface area contributed by atoms with Gasteiger partial charge in [-0.1, -0.05) is 61.4 Å². The van der Waals surface area contributed by atoms with Crippen LogP contribution in [0.15, 0.2) is 36.5 Å². The molecule has 4 heteroatoms. The molecule has 0 unspecified atom stereocenters. The molecule has 3 aromatic rings. The average molecular weight is 271 g/mol. The number of benzene rings is 1. The van der Waals surface area contributed by atoms with Crippen molar-refractivity contribution in [2.24, 2.45) is 0 Å². The van der Waals surface area contributed by atoms with Gasteiger partial charge >= 0.3 is 0 Å². The van der Waals surface area contributed by atoms with E-state index in [0.29, 0.717) is 0 Å². The summed E-state index contributed by atoms with van der Waals surface area (Å²) in [4.78, 5) is 5.45. The molecule has 0 fully saturated rings. The van der Waals surface area contributed by atoms with Gasteiger partial charge in [-0.3, -0.25) is 0 Å². The standard InChI is InChI=1S/C15H17N3S/c1-2-3-5-10-14-17-18-13(11-16-15(18)19-14)12-8-6-4-7-9-12/h4,6-9,11H,2-3,5,10H2,1H3. The number of hydrogen-bond donors (Lipinski definition) is 0. The van der Waals surface area contributed by atoms with Gasteiger partial charge in [0.05, 0.1) is 11.9 Å². The number of imidazole rings is 1. The largest absolute Gasteiger partial charge is 0.225 e. The van der Waals surface area contributed by atoms with Gasteiger partial charge in [0.2, 0.25) is 4.96 Å². The minimum Gasteiger partial charge on any atom is -0.225 e. The summed E-state index contributed by atoms with van der Waals surface area (Å²) in [5, 5.41) is 5.88. The van der Waals surface area contributed by atoms with Gasteiger partial charge in [-0.05, 0) is 6.42 Å². The van der Waals surface area contributed by atoms with Gasteiger partial charge in [-0.2, -0.15) is 5.10 Å². The van der Waals surface area contributed by atoms with Crippen molar-refractivity contribution < 1.29 is 0 Å². The Bertz CT molecular complexity index is 654. The zero-order valence-electron chi connectivity index (χ0n) is 11.0. The number of hydrogen-bond acceptors (Lipinski definition) is 3. The third-order valence-electron chi connectivity index (χ3n) is 3.19. The maximum Gasteiger partial charge on any atom is 0.212 e. The van der Waals surface area contributed by atoms with Crippen molar-refractivity contribution in [2.45, 2.75) is 32.6 Å². The Balaban J connectivity index is 1.90. The highest BCUT2D eigenvalue weighted by Crippen LogP contribution is 2.24. The molecule has 0 N–H and O–H groups in total. The first kappa shape index (κ1) is 12.4. The fourth-order valence-corrected chi connectivity index (χ4v) is 3.08. The Morgan fingerprint density at radius 1 is 1.16 bits per heavy atom. The van der Waals surface area contributed by atoms with E-state index < -0.39 is 0 Å². The smallest absolute Gasteiger partial charge is 0.212 e. The van der Waals surface area contributed by atoms with Crippen LogP contribution in [-0.2, 0) is 6.42 Å². The van der Waals surface area contributed by atoms with Crippen molar-refractivity contribution in [3.05, 3.63) is 41.5 Å². The molecule has 0 aliphatic rings. The molecule has 3 nitrogen and oxygen atoms in total. The second-order valence-corrected chi connectivity index (χ2v) is 5.70. The molecule has 3 rings (SSSR count). The van der Waals surface area contributed by atoms with Gasteiger partial charge in [0, 0.05) is 12.0 Å². The lowest BCUT2D eigenvalue weighted by molar-refractivity contribution is 0.707. The monoisotopic (exact) mass is 271 g/mol. The quantitative estimate of drug-likeness (QED) is 0.651. The SMILES string of the molecule is CCCCCc1nn2c(-c3ccccc3)cnc2s1. The molecule has 0 spiro atoms. The van der Waals surface area contributed by atoms with Crippen LogP contribution in [0.4, 0.5) is 0 Å². The molecule has 19 heavy (non-hydrogen) atoms. The Hall–Kier alpha value is -1.68. The fraction of sp³-hybridized carbons (Fsp3) is 0.333. The number of aryl methyl sites for hydroxylation is 1. The second kappa shape index (κ2) is 5.53. The number of rotatable bonds is 5. The van der Waals surface area contributed by atoms with Gasteiger partial charge in [0.1, 0.15) is 5.01 Å². The zero-order valence-corrected chi connectivity index (χ0v) is 11.9. The number of fused-ring (bicyclic) bond motifs is 1. The first-order valence-electron chi connectivity index (χ1n) is 6.77. The van der Waals surface area contributed by atoms with Crippen molar-refractivity contribution >= 4 is 16.3 Å². The summed E-state index contributed by atoms with van der Waals surface area (Å²) in [7, 11) is 0. The molecule has 0 bridgehead atoms. The van der Waals surface area contributed by atoms with Crippen LogP contribution in [0.3, 0.4) is 0 Å². The molecule has 0 aliphatic heterocycles. The molecule has 0 atom stereocenters. The van der Waals surface area contributed by atoms with Crippen LogP contribution in [0.1, 0.15) is 31.2 Å². The van der Waals surface area contributed by atoms with Gasteiger partial charge in [-0.15, -0.1) is 0 Å². The van der Waals surface area contributed by atoms with Crippen molar-refractivity contribution in [1.29, 1.82) is 0 Å². The summed E-state index contributed by atoms with van der Waals surface area (Å²) >= 11 is 1.70. The van der Waals surface area contributed by atoms with Crippen molar-refractivity contribution in [3.63, 3.8) is 0 Å². The van der Waals surface area contributed by atoms with Gasteiger partial charge < -0.3 is 0 Å². The number of unbranched alkanes of at least 4 members (excludes halogenated alkanes) is 2. The minimum atomic E-state index is 0.991. The lowest BCUT2D eigenvalue weighted by atomic mass is 10.2. The van der Waals surface area contributed by atoms with Crippen LogP contribution >= 0.6 is 11.3 Å². The van der Waals surface area contributed by atoms with Crippen LogP contribution in [0.25, 0.3) is 16.2 Å². The lowest BCUT2D eigenvalue weighted by Crippen LogP contribution is -1.91. The van der Waals surface area contributed by atoms with E-state index >= 15 is 0 Å². The Morgan fingerprint density at radius 2 is 2.00 bits per heavy atom. The molecule has 0 aliphatic carbocycles. The third kappa shape index (κ3) is 2.54. The van der Waals surface area contributed by atoms with E-state index in [-0.39, 0.29) is 0 Å². The topological polar surface area (TPSA) is 30.2 Å². The van der Waals surface area contributed by atoms with E-state index in [1.807, 2.05) is 28.9 Å². The van der Waals surface area contributed by atoms with E-state index in [9.17, 15) is 0 Å². The maximum atomic E-state index is 4.69. The molecule has 1 aromatic carbocycles. The van der Waals surface area contributed by atoms with Gasteiger partial charge in [-0.25, -0.2) is 9.50 Å². The van der Waals surface area contributed by atoms with E-state index in [4.69, 9.17) is 5.10 Å². The van der Waals surface area contributed by atoms with E-state index in [0.717, 1.165) is 17.1 Å². The fourth-order valence-electron chi connectivity index (χ4n) is 2.17. The van der Waals surface area contributed by atoms with Crippen molar-refractivity contribution in [3.8, 4) is 11.3 Å². The van der Waals surface area contributed by atoms with Crippen molar-refractivity contribution in [2.75, 3.05) is 0 Å². The normalized spacial score (nSPS) is 11.2. The minimum absolute atomic E-state index is 0.991. The molecule has 0 radical (unpaired) electrons. The van der Waals surface area contributed by atoms with Crippen molar-refractivity contribution in [1.82, 2.24) is 14.6 Å². The molecular weight excluding hydrogens is 254 g/mol. The van der Waals surface area contributed by atoms with Crippen LogP contribution in [0.2, 0.25) is 0 Å². The highest BCUT2D eigenvalue weighted by atomic mass is 32.1. The molecule has 0 amide bonds. The van der Waals surface area contributed by atoms with E-state index in [2.05, 4.69) is 24.0 Å². The van der Waals surface area contributed by atoms with Crippen LogP contribution < -0.4 is 0 Å². The average Bonchev–Trinajstić information content (AvgIpc) is 3.00. The second-order valence-electron chi connectivity index (χ2n) is 4.66. The predicted octanol–water partition coefficient (Wildman–Crippen LogP) is 4.19. The molecule has 0 saturated heterocycles. The summed E-state index contributed by atoms with van der Waals surface area (Å²) in [6.45, 7) is 2.22. The Labute approximate surface area is 116 Å². The van der Waals surface area contributed by atoms with Crippen LogP contribution in [0, 0.1) is 0 Å². The lowest BCUT2D eigenvalue weighted by Gasteiger charge is -1.97. The maximum absolute atomic E-state index is 4.69. The number of nitrogens with zero attached hydrogens (tertiary/aromatic N) is 3. The summed E-state index contributed by atoms with van der Waals surface area (Å²) in [6.07, 6.45) is 6.71. The van der Waals surface area contributed by atoms with Gasteiger partial charge in [0.25, 0.3) is 0 Å². The van der Waals surface area contributed by atoms with E-state index in [1.165, 1.54) is 29.8 Å². The molecule has 98 valence electrons.